The highest BCUT2D eigenvalue weighted by Crippen LogP contribution is 2.48. The molecule has 0 aliphatic heterocycles. The first-order valence-corrected chi connectivity index (χ1v) is 43.2. The van der Waals surface area contributed by atoms with Crippen LogP contribution in [0.15, 0.2) is 400 Å². The molecule has 0 saturated heterocycles. The Hall–Kier alpha value is -12.9. The van der Waals surface area contributed by atoms with Crippen molar-refractivity contribution in [3.05, 3.63) is 467 Å². The zero-order chi connectivity index (χ0) is 83.2. The highest BCUT2D eigenvalue weighted by atomic mass is 15.1. The first-order valence-electron chi connectivity index (χ1n) is 43.2. The molecule has 0 amide bonds. The Labute approximate surface area is 715 Å². The van der Waals surface area contributed by atoms with E-state index in [0.29, 0.717) is 0 Å². The van der Waals surface area contributed by atoms with Gasteiger partial charge in [0.1, 0.15) is 0 Å². The minimum absolute atomic E-state index is 0.216. The first kappa shape index (κ1) is 80.9. The molecule has 0 atom stereocenters. The predicted octanol–water partition coefficient (Wildman–Crippen LogP) is 31.8. The average molecular weight is 1560 g/mol. The van der Waals surface area contributed by atoms with Gasteiger partial charge >= 0.3 is 0 Å². The van der Waals surface area contributed by atoms with Gasteiger partial charge in [0.2, 0.25) is 0 Å². The van der Waals surface area contributed by atoms with E-state index in [9.17, 15) is 0 Å². The summed E-state index contributed by atoms with van der Waals surface area (Å²) in [5.41, 5.74) is 35.8. The fourth-order valence-corrected chi connectivity index (χ4v) is 18.0. The summed E-state index contributed by atoms with van der Waals surface area (Å²) in [4.78, 5) is 4.52. The Morgan fingerprint density at radius 1 is 0.192 bits per heavy atom. The standard InChI is InChI=1S/C118H112N2/c1-13-14-15-22-81-118(107-55-41-90(42-56-107)87-35-33-84(2)34-36-87,108-69-65-105(66-70-108)116(7,8)103-61-57-101(58-62-103)114(3,4)99-51-37-88(38-52-99)91-43-73-110(74-44-91)119(11)112-77-47-93(48-78-112)97-31-23-29-95(82-97)85-25-18-16-19-26-85)109-71-67-106(68-72-109)117(9,10)104-63-59-102(60-64-104)115(5,6)100-53-39-89(40-54-100)92-45-75-111(76-46-92)120(12)113-79-49-94(50-80-113)98-32-24-30-96(83-98)86-27-20-17-21-28-86/h16-21,23-80,82-83H,13-15,22,81H2,1-12H3. The third-order valence-electron chi connectivity index (χ3n) is 26.5. The highest BCUT2D eigenvalue weighted by molar-refractivity contribution is 5.79. The molecule has 0 spiro atoms. The summed E-state index contributed by atoms with van der Waals surface area (Å²) in [6, 6.07) is 150. The number of anilines is 4. The van der Waals surface area contributed by atoms with Gasteiger partial charge in [-0.3, -0.25) is 0 Å². The maximum absolute atomic E-state index is 2.47. The SMILES string of the molecule is CCCCCCC(c1ccc(-c2ccc(C)cc2)cc1)(c1ccc(C(C)(C)c2ccc(C(C)(C)c3ccc(-c4ccc(N(C)c5ccc(-c6cccc(-c7ccccc7)c6)cc5)cc4)cc3)cc2)cc1)c1ccc(C(C)(C)c2ccc(C(C)(C)c3ccc(-c4ccc(N(C)c5ccc(-c6cccc(-c7ccccc7)c6)cc5)cc4)cc3)cc2)cc1. The monoisotopic (exact) mass is 1560 g/mol. The number of hydrogen-bond donors (Lipinski definition) is 0. The van der Waals surface area contributed by atoms with Gasteiger partial charge in [-0.25, -0.2) is 0 Å². The fourth-order valence-electron chi connectivity index (χ4n) is 18.0. The molecule has 594 valence electrons. The molecule has 0 N–H and O–H groups in total. The van der Waals surface area contributed by atoms with Gasteiger partial charge in [-0.15, -0.1) is 0 Å². The van der Waals surface area contributed by atoms with E-state index in [-0.39, 0.29) is 21.7 Å². The molecule has 120 heavy (non-hydrogen) atoms. The topological polar surface area (TPSA) is 6.48 Å². The third-order valence-corrected chi connectivity index (χ3v) is 26.5. The van der Waals surface area contributed by atoms with Crippen molar-refractivity contribution in [1.29, 1.82) is 0 Å². The molecule has 0 aliphatic rings. The van der Waals surface area contributed by atoms with Crippen LogP contribution in [-0.4, -0.2) is 14.1 Å². The van der Waals surface area contributed by atoms with Crippen LogP contribution < -0.4 is 9.80 Å². The Bertz CT molecular complexity index is 5750. The molecule has 2 heteroatoms. The molecule has 0 bridgehead atoms. The van der Waals surface area contributed by atoms with E-state index in [4.69, 9.17) is 0 Å². The lowest BCUT2D eigenvalue weighted by molar-refractivity contribution is 0.506. The smallest absolute Gasteiger partial charge is 0.0451 e. The van der Waals surface area contributed by atoms with Crippen LogP contribution in [0.2, 0.25) is 0 Å². The van der Waals surface area contributed by atoms with Crippen LogP contribution in [0.25, 0.3) is 77.9 Å². The summed E-state index contributed by atoms with van der Waals surface area (Å²) < 4.78 is 0. The second-order valence-corrected chi connectivity index (χ2v) is 35.3. The number of nitrogens with zero attached hydrogens (tertiary/aromatic N) is 2. The van der Waals surface area contributed by atoms with Crippen molar-refractivity contribution >= 4 is 22.7 Å². The van der Waals surface area contributed by atoms with E-state index in [1.165, 1.54) is 164 Å². The van der Waals surface area contributed by atoms with E-state index < -0.39 is 5.41 Å². The minimum atomic E-state index is -0.412. The Morgan fingerprint density at radius 3 is 0.633 bits per heavy atom. The zero-order valence-corrected chi connectivity index (χ0v) is 72.0. The molecule has 16 rings (SSSR count). The molecule has 0 heterocycles. The molecule has 16 aromatic carbocycles. The van der Waals surface area contributed by atoms with Gasteiger partial charge in [-0.1, -0.05) is 433 Å². The highest BCUT2D eigenvalue weighted by Gasteiger charge is 2.38. The molecular formula is C118H112N2. The summed E-state index contributed by atoms with van der Waals surface area (Å²) in [6.07, 6.45) is 5.68. The van der Waals surface area contributed by atoms with Crippen LogP contribution in [0.5, 0.6) is 0 Å². The number of aryl methyl sites for hydroxylation is 1. The lowest BCUT2D eigenvalue weighted by atomic mass is 9.65. The Kier molecular flexibility index (Phi) is 23.3. The maximum atomic E-state index is 2.47. The van der Waals surface area contributed by atoms with Crippen LogP contribution in [-0.2, 0) is 27.1 Å². The summed E-state index contributed by atoms with van der Waals surface area (Å²) >= 11 is 0. The van der Waals surface area contributed by atoms with Crippen LogP contribution >= 0.6 is 0 Å². The van der Waals surface area contributed by atoms with Gasteiger partial charge in [0, 0.05) is 63.9 Å². The van der Waals surface area contributed by atoms with Gasteiger partial charge in [0.05, 0.1) is 0 Å². The molecule has 0 unspecified atom stereocenters. The van der Waals surface area contributed by atoms with Crippen molar-refractivity contribution in [3.8, 4) is 77.9 Å². The number of unbranched alkanes of at least 4 members (excludes halogenated alkanes) is 3. The fraction of sp³-hybridized carbons (Fsp3) is 0.186. The molecule has 0 aliphatic carbocycles. The number of benzene rings is 16. The predicted molar refractivity (Wildman–Crippen MR) is 514 cm³/mol. The van der Waals surface area contributed by atoms with Crippen molar-refractivity contribution in [2.24, 2.45) is 0 Å². The van der Waals surface area contributed by atoms with Crippen molar-refractivity contribution in [1.82, 2.24) is 0 Å². The van der Waals surface area contributed by atoms with Crippen LogP contribution in [0.4, 0.5) is 22.7 Å². The molecule has 0 radical (unpaired) electrons. The first-order chi connectivity index (χ1) is 58.1. The number of rotatable bonds is 27. The van der Waals surface area contributed by atoms with Crippen molar-refractivity contribution in [2.45, 2.75) is 128 Å². The summed E-state index contributed by atoms with van der Waals surface area (Å²) in [6.45, 7) is 23.5. The van der Waals surface area contributed by atoms with E-state index in [1.54, 1.807) is 0 Å². The summed E-state index contributed by atoms with van der Waals surface area (Å²) in [5.74, 6) is 0. The second kappa shape index (κ2) is 34.6. The molecule has 2 nitrogen and oxygen atoms in total. The quantitative estimate of drug-likeness (QED) is 0.0374. The third kappa shape index (κ3) is 16.8. The second-order valence-electron chi connectivity index (χ2n) is 35.3. The molecule has 0 saturated carbocycles. The van der Waals surface area contributed by atoms with Gasteiger partial charge < -0.3 is 9.80 Å². The average Bonchev–Trinajstić information content (AvgIpc) is 0.736. The Balaban J connectivity index is 0.601. The van der Waals surface area contributed by atoms with E-state index in [2.05, 4.69) is 494 Å². The van der Waals surface area contributed by atoms with E-state index in [0.717, 1.165) is 35.6 Å². The van der Waals surface area contributed by atoms with Crippen molar-refractivity contribution in [2.75, 3.05) is 23.9 Å². The van der Waals surface area contributed by atoms with Crippen molar-refractivity contribution in [3.63, 3.8) is 0 Å². The van der Waals surface area contributed by atoms with Gasteiger partial charge in [0.25, 0.3) is 0 Å². The van der Waals surface area contributed by atoms with E-state index in [1.807, 2.05) is 0 Å². The summed E-state index contributed by atoms with van der Waals surface area (Å²) in [5, 5.41) is 0. The van der Waals surface area contributed by atoms with Gasteiger partial charge in [-0.2, -0.15) is 0 Å². The lowest BCUT2D eigenvalue weighted by Crippen LogP contribution is -2.30. The maximum Gasteiger partial charge on any atom is 0.0451 e. The summed E-state index contributed by atoms with van der Waals surface area (Å²) in [7, 11) is 4.29. The number of hydrogen-bond acceptors (Lipinski definition) is 2. The molecule has 0 aromatic heterocycles. The normalized spacial score (nSPS) is 12.0. The molecular weight excluding hydrogens is 1450 g/mol. The van der Waals surface area contributed by atoms with Crippen molar-refractivity contribution < 1.29 is 0 Å². The van der Waals surface area contributed by atoms with Crippen LogP contribution in [0, 0.1) is 6.92 Å². The largest absolute Gasteiger partial charge is 0.345 e. The molecule has 16 aromatic rings. The minimum Gasteiger partial charge on any atom is -0.345 e. The Morgan fingerprint density at radius 2 is 0.383 bits per heavy atom. The molecule has 0 fully saturated rings. The van der Waals surface area contributed by atoms with Gasteiger partial charge in [-0.05, 0) is 213 Å². The van der Waals surface area contributed by atoms with Crippen LogP contribution in [0.1, 0.15) is 161 Å². The lowest BCUT2D eigenvalue weighted by Gasteiger charge is -2.38. The van der Waals surface area contributed by atoms with Crippen LogP contribution in [0.3, 0.4) is 0 Å². The zero-order valence-electron chi connectivity index (χ0n) is 72.0. The van der Waals surface area contributed by atoms with Gasteiger partial charge in [0.15, 0.2) is 0 Å². The van der Waals surface area contributed by atoms with E-state index >= 15 is 0 Å².